The van der Waals surface area contributed by atoms with Gasteiger partial charge in [-0.15, -0.1) is 0 Å². The smallest absolute Gasteiger partial charge is 0.317 e. The van der Waals surface area contributed by atoms with E-state index >= 15 is 0 Å². The second-order valence-corrected chi connectivity index (χ2v) is 6.07. The van der Waals surface area contributed by atoms with E-state index in [1.807, 2.05) is 11.8 Å². The zero-order chi connectivity index (χ0) is 16.9. The minimum absolute atomic E-state index is 0.0772. The van der Waals surface area contributed by atoms with Crippen LogP contribution in [0.25, 0.3) is 0 Å². The number of fused-ring (bicyclic) bond motifs is 1. The fourth-order valence-electron chi connectivity index (χ4n) is 3.20. The molecule has 0 aliphatic carbocycles. The van der Waals surface area contributed by atoms with Gasteiger partial charge in [-0.05, 0) is 13.3 Å². The Balaban J connectivity index is 1.87. The van der Waals surface area contributed by atoms with E-state index in [9.17, 15) is 4.79 Å². The van der Waals surface area contributed by atoms with Crippen LogP contribution in [0.5, 0.6) is 0 Å². The molecule has 0 atom stereocenters. The van der Waals surface area contributed by atoms with Crippen LogP contribution in [0.4, 0.5) is 5.82 Å². The third kappa shape index (κ3) is 3.91. The number of carboxylic acid groups (broad SMARTS) is 1. The van der Waals surface area contributed by atoms with Crippen molar-refractivity contribution in [2.75, 3.05) is 44.2 Å². The second-order valence-electron chi connectivity index (χ2n) is 6.07. The first-order chi connectivity index (χ1) is 11.7. The van der Waals surface area contributed by atoms with E-state index in [4.69, 9.17) is 19.8 Å². The van der Waals surface area contributed by atoms with Crippen molar-refractivity contribution in [2.24, 2.45) is 0 Å². The number of hydrogen-bond donors (Lipinski definition) is 1. The molecule has 0 aromatic carbocycles. The molecule has 3 heterocycles. The first-order valence-electron chi connectivity index (χ1n) is 8.48. The highest BCUT2D eigenvalue weighted by atomic mass is 16.5. The fraction of sp³-hybridized carbons (Fsp3) is 0.588. The number of aromatic nitrogens is 2. The monoisotopic (exact) mass is 332 g/mol. The van der Waals surface area contributed by atoms with Gasteiger partial charge in [-0.25, -0.2) is 9.97 Å². The fourth-order valence-corrected chi connectivity index (χ4v) is 3.20. The Morgan fingerprint density at radius 1 is 1.25 bits per heavy atom. The Kier molecular flexibility index (Phi) is 5.42. The number of hydrogen-bond acceptors (Lipinski definition) is 6. The molecule has 130 valence electrons. The van der Waals surface area contributed by atoms with Gasteiger partial charge in [-0.2, -0.15) is 0 Å². The van der Waals surface area contributed by atoms with E-state index in [1.54, 1.807) is 0 Å². The lowest BCUT2D eigenvalue weighted by Gasteiger charge is -2.22. The van der Waals surface area contributed by atoms with Crippen molar-refractivity contribution in [1.29, 1.82) is 0 Å². The van der Waals surface area contributed by atoms with Crippen molar-refractivity contribution in [1.82, 2.24) is 14.9 Å². The Labute approximate surface area is 142 Å². The molecular weight excluding hydrogens is 308 g/mol. The van der Waals surface area contributed by atoms with Crippen molar-refractivity contribution in [2.45, 2.75) is 26.4 Å². The van der Waals surface area contributed by atoms with Gasteiger partial charge in [0.05, 0.1) is 12.2 Å². The van der Waals surface area contributed by atoms with E-state index in [2.05, 4.69) is 17.1 Å². The van der Waals surface area contributed by atoms with Gasteiger partial charge in [0.25, 0.3) is 0 Å². The zero-order valence-electron chi connectivity index (χ0n) is 14.1. The first-order valence-corrected chi connectivity index (χ1v) is 8.48. The normalized spacial score (nSPS) is 17.8. The molecular formula is C17H24N4O3. The number of carboxylic acids is 1. The highest BCUT2D eigenvalue weighted by Gasteiger charge is 2.24. The van der Waals surface area contributed by atoms with E-state index in [0.717, 1.165) is 49.6 Å². The zero-order valence-corrected chi connectivity index (χ0v) is 14.1. The number of ether oxygens (including phenoxy) is 1. The van der Waals surface area contributed by atoms with Crippen molar-refractivity contribution in [3.8, 4) is 0 Å². The summed E-state index contributed by atoms with van der Waals surface area (Å²) < 4.78 is 5.49. The number of aliphatic carboxylic acids is 1. The molecule has 0 saturated heterocycles. The lowest BCUT2D eigenvalue weighted by atomic mass is 10.1. The van der Waals surface area contributed by atoms with Crippen LogP contribution in [0.3, 0.4) is 0 Å². The lowest BCUT2D eigenvalue weighted by molar-refractivity contribution is -0.138. The molecule has 1 aromatic heterocycles. The average molecular weight is 332 g/mol. The summed E-state index contributed by atoms with van der Waals surface area (Å²) in [6.45, 7) is 6.23. The molecule has 0 spiro atoms. The van der Waals surface area contributed by atoms with Crippen LogP contribution >= 0.6 is 0 Å². The summed E-state index contributed by atoms with van der Waals surface area (Å²) in [6.07, 6.45) is 5.82. The molecule has 0 radical (unpaired) electrons. The van der Waals surface area contributed by atoms with Crippen molar-refractivity contribution < 1.29 is 14.6 Å². The maximum Gasteiger partial charge on any atom is 0.317 e. The van der Waals surface area contributed by atoms with Crippen LogP contribution in [0.2, 0.25) is 0 Å². The minimum Gasteiger partial charge on any atom is -0.480 e. The van der Waals surface area contributed by atoms with Gasteiger partial charge in [-0.3, -0.25) is 9.69 Å². The maximum atomic E-state index is 11.0. The minimum atomic E-state index is -0.784. The molecule has 0 bridgehead atoms. The Hall–Kier alpha value is -1.99. The summed E-state index contributed by atoms with van der Waals surface area (Å²) in [7, 11) is 0. The Morgan fingerprint density at radius 3 is 2.71 bits per heavy atom. The van der Waals surface area contributed by atoms with Gasteiger partial charge in [0.1, 0.15) is 12.4 Å². The third-order valence-corrected chi connectivity index (χ3v) is 4.37. The molecule has 0 saturated carbocycles. The van der Waals surface area contributed by atoms with E-state index in [-0.39, 0.29) is 6.54 Å². The maximum absolute atomic E-state index is 11.0. The average Bonchev–Trinajstić information content (AvgIpc) is 3.02. The summed E-state index contributed by atoms with van der Waals surface area (Å²) in [4.78, 5) is 24.7. The van der Waals surface area contributed by atoms with Gasteiger partial charge >= 0.3 is 5.97 Å². The van der Waals surface area contributed by atoms with E-state index in [1.165, 1.54) is 0 Å². The molecule has 2 aliphatic rings. The van der Waals surface area contributed by atoms with Crippen LogP contribution < -0.4 is 4.90 Å². The molecule has 0 unspecified atom stereocenters. The number of carbonyl (C=O) groups is 1. The summed E-state index contributed by atoms with van der Waals surface area (Å²) in [5.41, 5.74) is 2.20. The van der Waals surface area contributed by atoms with E-state index < -0.39 is 5.97 Å². The van der Waals surface area contributed by atoms with Crippen molar-refractivity contribution >= 4 is 11.8 Å². The first kappa shape index (κ1) is 16.9. The molecule has 7 nitrogen and oxygen atoms in total. The van der Waals surface area contributed by atoms with Gasteiger partial charge in [0, 0.05) is 44.8 Å². The predicted molar refractivity (Wildman–Crippen MR) is 90.2 cm³/mol. The van der Waals surface area contributed by atoms with Gasteiger partial charge in [-0.1, -0.05) is 12.2 Å². The van der Waals surface area contributed by atoms with Crippen molar-refractivity contribution in [3.63, 3.8) is 0 Å². The molecule has 1 aromatic rings. The van der Waals surface area contributed by atoms with Crippen LogP contribution in [0.15, 0.2) is 12.2 Å². The van der Waals surface area contributed by atoms with E-state index in [0.29, 0.717) is 25.6 Å². The molecule has 24 heavy (non-hydrogen) atoms. The largest absolute Gasteiger partial charge is 0.480 e. The van der Waals surface area contributed by atoms with Crippen LogP contribution in [-0.2, 0) is 29.0 Å². The highest BCUT2D eigenvalue weighted by molar-refractivity contribution is 5.69. The number of nitrogens with zero attached hydrogens (tertiary/aromatic N) is 4. The van der Waals surface area contributed by atoms with Crippen LogP contribution in [0, 0.1) is 0 Å². The SMILES string of the molecule is CCOCc1nc2c(c(N3CC=CC3)n1)CCN(CC(=O)O)CC2. The predicted octanol–water partition coefficient (Wildman–Crippen LogP) is 0.875. The molecule has 0 fully saturated rings. The quantitative estimate of drug-likeness (QED) is 0.775. The molecule has 7 heteroatoms. The topological polar surface area (TPSA) is 78.8 Å². The summed E-state index contributed by atoms with van der Waals surface area (Å²) in [5.74, 6) is 0.911. The number of anilines is 1. The molecule has 0 amide bonds. The lowest BCUT2D eigenvalue weighted by Crippen LogP contribution is -2.32. The Morgan fingerprint density at radius 2 is 2.00 bits per heavy atom. The van der Waals surface area contributed by atoms with Crippen LogP contribution in [0.1, 0.15) is 24.0 Å². The van der Waals surface area contributed by atoms with Crippen LogP contribution in [-0.4, -0.2) is 65.3 Å². The Bertz CT molecular complexity index is 625. The number of rotatable bonds is 6. The molecule has 1 N–H and O–H groups in total. The summed E-state index contributed by atoms with van der Waals surface area (Å²) >= 11 is 0. The molecule has 2 aliphatic heterocycles. The summed E-state index contributed by atoms with van der Waals surface area (Å²) in [6, 6.07) is 0. The van der Waals surface area contributed by atoms with Crippen molar-refractivity contribution in [3.05, 3.63) is 29.2 Å². The van der Waals surface area contributed by atoms with Gasteiger partial charge in [0.2, 0.25) is 0 Å². The third-order valence-electron chi connectivity index (χ3n) is 4.37. The van der Waals surface area contributed by atoms with Gasteiger partial charge in [0.15, 0.2) is 5.82 Å². The second kappa shape index (κ2) is 7.72. The van der Waals surface area contributed by atoms with Gasteiger partial charge < -0.3 is 14.7 Å². The molecule has 3 rings (SSSR count). The summed E-state index contributed by atoms with van der Waals surface area (Å²) in [5, 5.41) is 9.04. The highest BCUT2D eigenvalue weighted by Crippen LogP contribution is 2.26. The standard InChI is InChI=1S/C17H24N4O3/c1-2-24-12-15-18-14-6-10-20(11-16(22)23)9-5-13(14)17(19-15)21-7-3-4-8-21/h3-4H,2,5-12H2,1H3,(H,22,23).